The summed E-state index contributed by atoms with van der Waals surface area (Å²) in [5.74, 6) is -1.88. The van der Waals surface area contributed by atoms with Crippen molar-refractivity contribution in [3.8, 4) is 0 Å². The molecule has 0 unspecified atom stereocenters. The number of aromatic amines is 1. The van der Waals surface area contributed by atoms with Crippen LogP contribution >= 0.6 is 0 Å². The van der Waals surface area contributed by atoms with Crippen LogP contribution in [-0.4, -0.2) is 63.7 Å². The van der Waals surface area contributed by atoms with Gasteiger partial charge in [0.05, 0.1) is 18.3 Å². The Labute approximate surface area is 284 Å². The highest BCUT2D eigenvalue weighted by Crippen LogP contribution is 2.24. The molecule has 0 spiro atoms. The third kappa shape index (κ3) is 11.0. The highest BCUT2D eigenvalue weighted by atomic mass is 16.2. The molecule has 6 N–H and O–H groups in total. The second-order valence-electron chi connectivity index (χ2n) is 13.6. The molecule has 0 bridgehead atoms. The molecule has 1 aliphatic rings. The highest BCUT2D eigenvalue weighted by molar-refractivity contribution is 5.94. The smallest absolute Gasteiger partial charge is 0.226 e. The molecule has 258 valence electrons. The number of nitrogens with two attached hydrogens (primary N) is 2. The van der Waals surface area contributed by atoms with Crippen LogP contribution in [0.2, 0.25) is 0 Å². The van der Waals surface area contributed by atoms with E-state index in [1.165, 1.54) is 0 Å². The number of nitrogens with one attached hydrogen (secondary N) is 2. The molecule has 2 heterocycles. The van der Waals surface area contributed by atoms with Gasteiger partial charge in [-0.05, 0) is 55.7 Å². The zero-order chi connectivity index (χ0) is 34.5. The number of aromatic nitrogens is 2. The summed E-state index contributed by atoms with van der Waals surface area (Å²) in [5.41, 5.74) is 16.0. The molecule has 10 heteroatoms. The summed E-state index contributed by atoms with van der Waals surface area (Å²) in [6.07, 6.45) is 5.61. The number of nitrogens with zero attached hydrogens (tertiary/aromatic N) is 2. The summed E-state index contributed by atoms with van der Waals surface area (Å²) in [7, 11) is 0. The standard InChI is InChI=1S/C38H52N6O4/c1-26(2)19-34(36(46)22-29(15-9-10-17-39)38(48)44-18-16-33-31(25-44)24-41-43-33)42-37(47)30(20-27-11-5-3-6-12-27)23-35(45)32(40)21-28-13-7-4-8-14-28/h3-8,11-14,24,26,29-30,32,34H,9-10,15-23,25,39-40H2,1-2H3,(H,41,43)(H,42,47)/t29-,30-,32+,34+/m0/s1. The van der Waals surface area contributed by atoms with E-state index in [1.807, 2.05) is 79.4 Å². The Balaban J connectivity index is 1.48. The predicted molar refractivity (Wildman–Crippen MR) is 186 cm³/mol. The van der Waals surface area contributed by atoms with E-state index in [9.17, 15) is 19.2 Å². The van der Waals surface area contributed by atoms with Crippen molar-refractivity contribution in [2.75, 3.05) is 13.1 Å². The van der Waals surface area contributed by atoms with Crippen LogP contribution in [0.4, 0.5) is 0 Å². The lowest BCUT2D eigenvalue weighted by Gasteiger charge is -2.31. The number of ketones is 2. The Morgan fingerprint density at radius 1 is 0.896 bits per heavy atom. The van der Waals surface area contributed by atoms with Crippen LogP contribution in [0, 0.1) is 17.8 Å². The number of unbranched alkanes of at least 4 members (excludes halogenated alkanes) is 1. The molecule has 0 saturated carbocycles. The van der Waals surface area contributed by atoms with Crippen LogP contribution in [-0.2, 0) is 45.0 Å². The SMILES string of the molecule is CC(C)C[C@@H](NC(=O)[C@H](CC(=O)[C@H](N)Cc1ccccc1)Cc1ccccc1)C(=O)C[C@H](CCCCN)C(=O)N1CCc2[nH]ncc2C1. The number of fused-ring (bicyclic) bond motifs is 1. The molecule has 10 nitrogen and oxygen atoms in total. The molecule has 0 radical (unpaired) electrons. The van der Waals surface area contributed by atoms with Gasteiger partial charge in [0.2, 0.25) is 11.8 Å². The Hall–Kier alpha value is -4.15. The van der Waals surface area contributed by atoms with Gasteiger partial charge in [0.25, 0.3) is 0 Å². The third-order valence-electron chi connectivity index (χ3n) is 9.18. The minimum atomic E-state index is -0.782. The summed E-state index contributed by atoms with van der Waals surface area (Å²) < 4.78 is 0. The fraction of sp³-hybridized carbons (Fsp3) is 0.500. The molecule has 0 fully saturated rings. The first-order chi connectivity index (χ1) is 23.1. The molecule has 4 rings (SSSR count). The monoisotopic (exact) mass is 656 g/mol. The molecule has 4 atom stereocenters. The quantitative estimate of drug-likeness (QED) is 0.142. The first kappa shape index (κ1) is 36.7. The normalized spacial score (nSPS) is 15.3. The lowest BCUT2D eigenvalue weighted by atomic mass is 9.87. The Morgan fingerprint density at radius 2 is 1.54 bits per heavy atom. The van der Waals surface area contributed by atoms with Crippen LogP contribution in [0.15, 0.2) is 66.9 Å². The first-order valence-electron chi connectivity index (χ1n) is 17.3. The maximum absolute atomic E-state index is 14.0. The molecule has 48 heavy (non-hydrogen) atoms. The second kappa shape index (κ2) is 18.4. The van der Waals surface area contributed by atoms with Crippen molar-refractivity contribution in [1.82, 2.24) is 20.4 Å². The van der Waals surface area contributed by atoms with E-state index in [0.717, 1.165) is 35.2 Å². The minimum absolute atomic E-state index is 0.0278. The van der Waals surface area contributed by atoms with Gasteiger partial charge in [-0.25, -0.2) is 0 Å². The molecule has 0 aliphatic carbocycles. The maximum Gasteiger partial charge on any atom is 0.226 e. The predicted octanol–water partition coefficient (Wildman–Crippen LogP) is 3.92. The topological polar surface area (TPSA) is 164 Å². The summed E-state index contributed by atoms with van der Waals surface area (Å²) in [6, 6.07) is 17.6. The first-order valence-corrected chi connectivity index (χ1v) is 17.3. The second-order valence-corrected chi connectivity index (χ2v) is 13.6. The van der Waals surface area contributed by atoms with E-state index in [1.54, 1.807) is 6.20 Å². The number of Topliss-reactive ketones (excluding diaryl/α,β-unsaturated/α-hetero) is 2. The van der Waals surface area contributed by atoms with Crippen molar-refractivity contribution in [3.63, 3.8) is 0 Å². The van der Waals surface area contributed by atoms with Crippen molar-refractivity contribution in [2.24, 2.45) is 29.2 Å². The molecule has 1 aromatic heterocycles. The average molecular weight is 657 g/mol. The van der Waals surface area contributed by atoms with Gasteiger partial charge in [0, 0.05) is 55.4 Å². The van der Waals surface area contributed by atoms with Crippen LogP contribution in [0.1, 0.15) is 74.8 Å². The molecular weight excluding hydrogens is 604 g/mol. The number of rotatable bonds is 19. The number of hydrogen-bond acceptors (Lipinski definition) is 7. The van der Waals surface area contributed by atoms with E-state index < -0.39 is 23.9 Å². The van der Waals surface area contributed by atoms with Gasteiger partial charge in [0.15, 0.2) is 11.6 Å². The summed E-state index contributed by atoms with van der Waals surface area (Å²) in [4.78, 5) is 57.0. The number of carbonyl (C=O) groups excluding carboxylic acids is 4. The van der Waals surface area contributed by atoms with E-state index in [-0.39, 0.29) is 42.1 Å². The van der Waals surface area contributed by atoms with E-state index in [2.05, 4.69) is 15.5 Å². The molecule has 1 aliphatic heterocycles. The lowest BCUT2D eigenvalue weighted by molar-refractivity contribution is -0.140. The van der Waals surface area contributed by atoms with Crippen molar-refractivity contribution in [2.45, 2.75) is 90.3 Å². The fourth-order valence-corrected chi connectivity index (χ4v) is 6.47. The summed E-state index contributed by atoms with van der Waals surface area (Å²) in [5, 5.41) is 10.1. The van der Waals surface area contributed by atoms with Gasteiger partial charge in [-0.15, -0.1) is 0 Å². The average Bonchev–Trinajstić information content (AvgIpc) is 3.56. The van der Waals surface area contributed by atoms with Crippen molar-refractivity contribution < 1.29 is 19.2 Å². The van der Waals surface area contributed by atoms with Crippen molar-refractivity contribution in [1.29, 1.82) is 0 Å². The van der Waals surface area contributed by atoms with Crippen LogP contribution < -0.4 is 16.8 Å². The number of hydrogen-bond donors (Lipinski definition) is 4. The van der Waals surface area contributed by atoms with Crippen molar-refractivity contribution >= 4 is 23.4 Å². The van der Waals surface area contributed by atoms with E-state index in [4.69, 9.17) is 11.5 Å². The largest absolute Gasteiger partial charge is 0.346 e. The molecule has 0 saturated heterocycles. The Morgan fingerprint density at radius 3 is 2.19 bits per heavy atom. The van der Waals surface area contributed by atoms with E-state index >= 15 is 0 Å². The van der Waals surface area contributed by atoms with Gasteiger partial charge in [0.1, 0.15) is 0 Å². The third-order valence-corrected chi connectivity index (χ3v) is 9.18. The van der Waals surface area contributed by atoms with Crippen molar-refractivity contribution in [3.05, 3.63) is 89.2 Å². The summed E-state index contributed by atoms with van der Waals surface area (Å²) in [6.45, 7) is 5.53. The van der Waals surface area contributed by atoms with Gasteiger partial charge >= 0.3 is 0 Å². The zero-order valence-corrected chi connectivity index (χ0v) is 28.4. The molecule has 2 amide bonds. The number of H-pyrrole nitrogens is 1. The molecular formula is C38H52N6O4. The molecule has 2 aromatic carbocycles. The zero-order valence-electron chi connectivity index (χ0n) is 28.4. The van der Waals surface area contributed by atoms with Crippen LogP contribution in [0.25, 0.3) is 0 Å². The maximum atomic E-state index is 14.0. The van der Waals surface area contributed by atoms with Crippen LogP contribution in [0.3, 0.4) is 0 Å². The Kier molecular flexibility index (Phi) is 14.1. The molecule has 3 aromatic rings. The van der Waals surface area contributed by atoms with Gasteiger partial charge in [-0.1, -0.05) is 80.9 Å². The summed E-state index contributed by atoms with van der Waals surface area (Å²) >= 11 is 0. The number of benzene rings is 2. The number of carbonyl (C=O) groups is 4. The Bertz CT molecular complexity index is 1470. The van der Waals surface area contributed by atoms with E-state index in [0.29, 0.717) is 51.7 Å². The van der Waals surface area contributed by atoms with Gasteiger partial charge < -0.3 is 21.7 Å². The van der Waals surface area contributed by atoms with Crippen LogP contribution in [0.5, 0.6) is 0 Å². The lowest BCUT2D eigenvalue weighted by Crippen LogP contribution is -2.47. The number of amides is 2. The minimum Gasteiger partial charge on any atom is -0.346 e. The van der Waals surface area contributed by atoms with Gasteiger partial charge in [-0.2, -0.15) is 5.10 Å². The highest BCUT2D eigenvalue weighted by Gasteiger charge is 2.34. The fourth-order valence-electron chi connectivity index (χ4n) is 6.47. The van der Waals surface area contributed by atoms with Gasteiger partial charge in [-0.3, -0.25) is 24.3 Å².